The molecule has 2 rings (SSSR count). The zero-order valence-electron chi connectivity index (χ0n) is 13.1. The number of amides is 1. The summed E-state index contributed by atoms with van der Waals surface area (Å²) in [5.41, 5.74) is 2.09. The number of rotatable bonds is 6. The van der Waals surface area contributed by atoms with Gasteiger partial charge in [0.1, 0.15) is 6.07 Å². The fourth-order valence-corrected chi connectivity index (χ4v) is 2.78. The van der Waals surface area contributed by atoms with E-state index in [1.54, 1.807) is 18.2 Å². The molecule has 0 saturated heterocycles. The van der Waals surface area contributed by atoms with Crippen LogP contribution in [0.25, 0.3) is 0 Å². The van der Waals surface area contributed by atoms with E-state index in [-0.39, 0.29) is 18.5 Å². The highest BCUT2D eigenvalue weighted by Gasteiger charge is 2.11. The van der Waals surface area contributed by atoms with E-state index in [9.17, 15) is 4.79 Å². The minimum absolute atomic E-state index is 0.105. The Kier molecular flexibility index (Phi) is 6.80. The summed E-state index contributed by atoms with van der Waals surface area (Å²) in [6, 6.07) is 14.9. The molecule has 124 valence electrons. The van der Waals surface area contributed by atoms with Crippen molar-refractivity contribution in [3.63, 3.8) is 0 Å². The second-order valence-electron chi connectivity index (χ2n) is 5.25. The van der Waals surface area contributed by atoms with Crippen molar-refractivity contribution in [2.24, 2.45) is 0 Å². The summed E-state index contributed by atoms with van der Waals surface area (Å²) in [5.74, 6) is -0.161. The van der Waals surface area contributed by atoms with E-state index in [0.717, 1.165) is 16.5 Å². The Labute approximate surface area is 155 Å². The van der Waals surface area contributed by atoms with Gasteiger partial charge >= 0.3 is 0 Å². The van der Waals surface area contributed by atoms with Gasteiger partial charge < -0.3 is 10.6 Å². The molecule has 0 radical (unpaired) electrons. The zero-order chi connectivity index (χ0) is 17.5. The van der Waals surface area contributed by atoms with Gasteiger partial charge in [-0.25, -0.2) is 0 Å². The summed E-state index contributed by atoms with van der Waals surface area (Å²) in [7, 11) is 0. The lowest BCUT2D eigenvalue weighted by Gasteiger charge is -2.17. The number of anilines is 1. The van der Waals surface area contributed by atoms with E-state index in [1.165, 1.54) is 0 Å². The van der Waals surface area contributed by atoms with Gasteiger partial charge in [0.25, 0.3) is 0 Å². The number of nitriles is 1. The van der Waals surface area contributed by atoms with Crippen molar-refractivity contribution in [2.45, 2.75) is 19.4 Å². The van der Waals surface area contributed by atoms with Gasteiger partial charge in [0.2, 0.25) is 5.91 Å². The van der Waals surface area contributed by atoms with Gasteiger partial charge in [0.05, 0.1) is 17.1 Å². The first-order valence-electron chi connectivity index (χ1n) is 7.51. The Hall–Kier alpha value is -1.87. The standard InChI is InChI=1S/C18H17BrClN3O/c1-2-17(12-3-6-14(19)7-4-12)22-11-18(24)23-15-8-5-13(10-21)16(20)9-15/h3-9,17,22H,2,11H2,1H3,(H,23,24)/t17-/m1/s1. The molecule has 0 unspecified atom stereocenters. The van der Waals surface area contributed by atoms with Crippen LogP contribution in [0, 0.1) is 11.3 Å². The molecular weight excluding hydrogens is 390 g/mol. The molecule has 0 spiro atoms. The highest BCUT2D eigenvalue weighted by molar-refractivity contribution is 9.10. The first-order chi connectivity index (χ1) is 11.5. The fourth-order valence-electron chi connectivity index (χ4n) is 2.30. The summed E-state index contributed by atoms with van der Waals surface area (Å²) in [6.45, 7) is 2.25. The smallest absolute Gasteiger partial charge is 0.238 e. The van der Waals surface area contributed by atoms with E-state index >= 15 is 0 Å². The number of benzene rings is 2. The molecule has 0 heterocycles. The Morgan fingerprint density at radius 2 is 2.00 bits per heavy atom. The molecule has 0 bridgehead atoms. The third kappa shape index (κ3) is 5.07. The van der Waals surface area contributed by atoms with Gasteiger partial charge in [-0.05, 0) is 42.3 Å². The maximum atomic E-state index is 12.1. The molecule has 0 aliphatic carbocycles. The number of hydrogen-bond donors (Lipinski definition) is 2. The Morgan fingerprint density at radius 1 is 1.29 bits per heavy atom. The first kappa shape index (κ1) is 18.5. The predicted molar refractivity (Wildman–Crippen MR) is 100.0 cm³/mol. The molecule has 1 amide bonds. The number of carbonyl (C=O) groups excluding carboxylic acids is 1. The number of nitrogens with zero attached hydrogens (tertiary/aromatic N) is 1. The van der Waals surface area contributed by atoms with Gasteiger partial charge in [-0.15, -0.1) is 0 Å². The van der Waals surface area contributed by atoms with Crippen LogP contribution in [0.4, 0.5) is 5.69 Å². The van der Waals surface area contributed by atoms with Gasteiger partial charge in [0, 0.05) is 16.2 Å². The summed E-state index contributed by atoms with van der Waals surface area (Å²) >= 11 is 9.38. The summed E-state index contributed by atoms with van der Waals surface area (Å²) < 4.78 is 1.02. The van der Waals surface area contributed by atoms with Gasteiger partial charge in [-0.3, -0.25) is 4.79 Å². The number of halogens is 2. The molecule has 24 heavy (non-hydrogen) atoms. The van der Waals surface area contributed by atoms with Crippen molar-refractivity contribution in [3.8, 4) is 6.07 Å². The van der Waals surface area contributed by atoms with E-state index in [2.05, 4.69) is 33.5 Å². The molecule has 4 nitrogen and oxygen atoms in total. The second-order valence-corrected chi connectivity index (χ2v) is 6.57. The molecule has 2 aromatic rings. The summed E-state index contributed by atoms with van der Waals surface area (Å²) in [6.07, 6.45) is 0.873. The third-order valence-corrected chi connectivity index (χ3v) is 4.40. The SMILES string of the molecule is CC[C@@H](NCC(=O)Nc1ccc(C#N)c(Cl)c1)c1ccc(Br)cc1. The van der Waals surface area contributed by atoms with Crippen molar-refractivity contribution in [1.82, 2.24) is 5.32 Å². The van der Waals surface area contributed by atoms with E-state index < -0.39 is 0 Å². The van der Waals surface area contributed by atoms with Crippen molar-refractivity contribution in [1.29, 1.82) is 5.26 Å². The monoisotopic (exact) mass is 405 g/mol. The Bertz CT molecular complexity index is 756. The van der Waals surface area contributed by atoms with Crippen LogP contribution in [0.15, 0.2) is 46.9 Å². The van der Waals surface area contributed by atoms with Gasteiger partial charge in [-0.2, -0.15) is 5.26 Å². The number of hydrogen-bond acceptors (Lipinski definition) is 3. The van der Waals surface area contributed by atoms with E-state index in [0.29, 0.717) is 16.3 Å². The topological polar surface area (TPSA) is 64.9 Å². The van der Waals surface area contributed by atoms with Crippen molar-refractivity contribution < 1.29 is 4.79 Å². The molecule has 1 atom stereocenters. The quantitative estimate of drug-likeness (QED) is 0.733. The van der Waals surface area contributed by atoms with Crippen LogP contribution in [0.5, 0.6) is 0 Å². The summed E-state index contributed by atoms with van der Waals surface area (Å²) in [4.78, 5) is 12.1. The molecule has 2 N–H and O–H groups in total. The lowest BCUT2D eigenvalue weighted by molar-refractivity contribution is -0.115. The van der Waals surface area contributed by atoms with Crippen LogP contribution in [-0.2, 0) is 4.79 Å². The van der Waals surface area contributed by atoms with Gasteiger partial charge in [0.15, 0.2) is 0 Å². The van der Waals surface area contributed by atoms with E-state index in [1.807, 2.05) is 30.3 Å². The Balaban J connectivity index is 1.93. The summed E-state index contributed by atoms with van der Waals surface area (Å²) in [5, 5.41) is 15.2. The van der Waals surface area contributed by atoms with Crippen molar-refractivity contribution in [3.05, 3.63) is 63.1 Å². The zero-order valence-corrected chi connectivity index (χ0v) is 15.5. The minimum atomic E-state index is -0.161. The third-order valence-electron chi connectivity index (χ3n) is 3.56. The first-order valence-corrected chi connectivity index (χ1v) is 8.69. The van der Waals surface area contributed by atoms with Crippen LogP contribution in [0.2, 0.25) is 5.02 Å². The van der Waals surface area contributed by atoms with E-state index in [4.69, 9.17) is 16.9 Å². The minimum Gasteiger partial charge on any atom is -0.325 e. The molecule has 0 saturated carbocycles. The Morgan fingerprint density at radius 3 is 2.58 bits per heavy atom. The maximum absolute atomic E-state index is 12.1. The van der Waals surface area contributed by atoms with Crippen molar-refractivity contribution >= 4 is 39.1 Å². The average molecular weight is 407 g/mol. The number of carbonyl (C=O) groups is 1. The lowest BCUT2D eigenvalue weighted by Crippen LogP contribution is -2.31. The maximum Gasteiger partial charge on any atom is 0.238 e. The fraction of sp³-hybridized carbons (Fsp3) is 0.222. The molecule has 2 aromatic carbocycles. The predicted octanol–water partition coefficient (Wildman–Crippen LogP) is 4.65. The van der Waals surface area contributed by atoms with Crippen LogP contribution < -0.4 is 10.6 Å². The second kappa shape index (κ2) is 8.84. The largest absolute Gasteiger partial charge is 0.325 e. The molecule has 0 aliphatic rings. The average Bonchev–Trinajstić information content (AvgIpc) is 2.57. The number of nitrogens with one attached hydrogen (secondary N) is 2. The lowest BCUT2D eigenvalue weighted by atomic mass is 10.0. The van der Waals surface area contributed by atoms with Crippen LogP contribution in [-0.4, -0.2) is 12.5 Å². The van der Waals surface area contributed by atoms with Crippen molar-refractivity contribution in [2.75, 3.05) is 11.9 Å². The highest BCUT2D eigenvalue weighted by atomic mass is 79.9. The molecular formula is C18H17BrClN3O. The molecule has 0 aromatic heterocycles. The van der Waals surface area contributed by atoms with Crippen LogP contribution in [0.3, 0.4) is 0 Å². The molecule has 0 fully saturated rings. The van der Waals surface area contributed by atoms with Crippen LogP contribution >= 0.6 is 27.5 Å². The highest BCUT2D eigenvalue weighted by Crippen LogP contribution is 2.21. The van der Waals surface area contributed by atoms with Gasteiger partial charge in [-0.1, -0.05) is 46.6 Å². The normalized spacial score (nSPS) is 11.6. The molecule has 0 aliphatic heterocycles. The molecule has 6 heteroatoms. The van der Waals surface area contributed by atoms with Crippen LogP contribution in [0.1, 0.15) is 30.5 Å².